The summed E-state index contributed by atoms with van der Waals surface area (Å²) in [4.78, 5) is 18.0. The van der Waals surface area contributed by atoms with Crippen molar-refractivity contribution in [2.24, 2.45) is 0 Å². The Hall–Kier alpha value is -1.95. The third-order valence-corrected chi connectivity index (χ3v) is 3.25. The number of amides is 1. The number of carbonyl (C=O) groups is 1. The van der Waals surface area contributed by atoms with Gasteiger partial charge in [0.1, 0.15) is 23.5 Å². The van der Waals surface area contributed by atoms with E-state index in [0.29, 0.717) is 42.8 Å². The van der Waals surface area contributed by atoms with Crippen LogP contribution < -0.4 is 5.32 Å². The van der Waals surface area contributed by atoms with Gasteiger partial charge in [-0.3, -0.25) is 14.7 Å². The van der Waals surface area contributed by atoms with Crippen LogP contribution in [0.4, 0.5) is 4.39 Å². The van der Waals surface area contributed by atoms with Crippen LogP contribution in [0, 0.1) is 0 Å². The van der Waals surface area contributed by atoms with Gasteiger partial charge in [0, 0.05) is 19.3 Å². The SMILES string of the molecule is O=C(NCN1CC[C@@H](F)C1)c1coc2cccnc12. The van der Waals surface area contributed by atoms with Crippen molar-refractivity contribution in [3.8, 4) is 0 Å². The van der Waals surface area contributed by atoms with E-state index in [4.69, 9.17) is 4.42 Å². The molecule has 1 saturated heterocycles. The van der Waals surface area contributed by atoms with Gasteiger partial charge in [-0.15, -0.1) is 0 Å². The van der Waals surface area contributed by atoms with E-state index in [-0.39, 0.29) is 5.91 Å². The molecule has 3 heterocycles. The second-order valence-electron chi connectivity index (χ2n) is 4.63. The van der Waals surface area contributed by atoms with Gasteiger partial charge in [0.15, 0.2) is 5.58 Å². The van der Waals surface area contributed by atoms with Crippen LogP contribution in [0.1, 0.15) is 16.8 Å². The molecule has 0 aliphatic carbocycles. The molecule has 0 unspecified atom stereocenters. The van der Waals surface area contributed by atoms with E-state index in [1.165, 1.54) is 6.26 Å². The number of hydrogen-bond donors (Lipinski definition) is 1. The first-order valence-corrected chi connectivity index (χ1v) is 6.21. The summed E-state index contributed by atoms with van der Waals surface area (Å²) in [6.45, 7) is 1.40. The van der Waals surface area contributed by atoms with E-state index in [1.54, 1.807) is 18.3 Å². The van der Waals surface area contributed by atoms with Crippen molar-refractivity contribution in [2.75, 3.05) is 19.8 Å². The molecule has 0 spiro atoms. The van der Waals surface area contributed by atoms with Crippen molar-refractivity contribution in [3.05, 3.63) is 30.2 Å². The Kier molecular flexibility index (Phi) is 3.16. The summed E-state index contributed by atoms with van der Waals surface area (Å²) in [6, 6.07) is 3.51. The lowest BCUT2D eigenvalue weighted by molar-refractivity contribution is 0.0928. The second kappa shape index (κ2) is 4.97. The smallest absolute Gasteiger partial charge is 0.257 e. The Morgan fingerprint density at radius 1 is 1.63 bits per heavy atom. The molecule has 0 aromatic carbocycles. The predicted octanol–water partition coefficient (Wildman–Crippen LogP) is 1.56. The van der Waals surface area contributed by atoms with E-state index < -0.39 is 6.17 Å². The molecule has 1 fully saturated rings. The maximum absolute atomic E-state index is 13.0. The first kappa shape index (κ1) is 12.1. The molecule has 0 saturated carbocycles. The molecule has 3 rings (SSSR count). The first-order chi connectivity index (χ1) is 9.24. The third-order valence-electron chi connectivity index (χ3n) is 3.25. The van der Waals surface area contributed by atoms with E-state index >= 15 is 0 Å². The predicted molar refractivity (Wildman–Crippen MR) is 67.4 cm³/mol. The maximum atomic E-state index is 13.0. The standard InChI is InChI=1S/C13H14FN3O2/c14-9-3-5-17(6-9)8-16-13(18)10-7-19-11-2-1-4-15-12(10)11/h1-2,4,7,9H,3,5-6,8H2,(H,16,18)/t9-/m1/s1. The number of likely N-dealkylation sites (tertiary alicyclic amines) is 1. The average molecular weight is 263 g/mol. The molecule has 2 aromatic rings. The normalized spacial score (nSPS) is 19.9. The van der Waals surface area contributed by atoms with Gasteiger partial charge >= 0.3 is 0 Å². The van der Waals surface area contributed by atoms with E-state index in [1.807, 2.05) is 4.90 Å². The summed E-state index contributed by atoms with van der Waals surface area (Å²) >= 11 is 0. The van der Waals surface area contributed by atoms with Crippen LogP contribution in [-0.2, 0) is 0 Å². The van der Waals surface area contributed by atoms with Crippen LogP contribution in [0.3, 0.4) is 0 Å². The quantitative estimate of drug-likeness (QED) is 0.913. The van der Waals surface area contributed by atoms with Gasteiger partial charge < -0.3 is 9.73 Å². The molecule has 1 aliphatic heterocycles. The molecule has 0 bridgehead atoms. The molecule has 1 aliphatic rings. The Balaban J connectivity index is 1.67. The minimum atomic E-state index is -0.784. The lowest BCUT2D eigenvalue weighted by Gasteiger charge is -2.14. The Morgan fingerprint density at radius 2 is 2.53 bits per heavy atom. The summed E-state index contributed by atoms with van der Waals surface area (Å²) in [6.07, 6.45) is 2.76. The number of rotatable bonds is 3. The zero-order valence-electron chi connectivity index (χ0n) is 10.3. The molecule has 1 N–H and O–H groups in total. The number of carbonyl (C=O) groups excluding carboxylic acids is 1. The Morgan fingerprint density at radius 3 is 3.32 bits per heavy atom. The highest BCUT2D eigenvalue weighted by atomic mass is 19.1. The number of pyridine rings is 1. The molecule has 19 heavy (non-hydrogen) atoms. The van der Waals surface area contributed by atoms with E-state index in [0.717, 1.165) is 0 Å². The Bertz CT molecular complexity index is 598. The summed E-state index contributed by atoms with van der Waals surface area (Å²) in [7, 11) is 0. The molecule has 2 aromatic heterocycles. The fourth-order valence-electron chi connectivity index (χ4n) is 2.24. The molecule has 5 nitrogen and oxygen atoms in total. The van der Waals surface area contributed by atoms with Gasteiger partial charge in [0.2, 0.25) is 0 Å². The largest absolute Gasteiger partial charge is 0.462 e. The number of nitrogens with one attached hydrogen (secondary N) is 1. The Labute approximate surface area is 109 Å². The highest BCUT2D eigenvalue weighted by Gasteiger charge is 2.22. The van der Waals surface area contributed by atoms with Crippen molar-refractivity contribution >= 4 is 17.0 Å². The topological polar surface area (TPSA) is 58.4 Å². The van der Waals surface area contributed by atoms with Gasteiger partial charge in [-0.05, 0) is 18.6 Å². The van der Waals surface area contributed by atoms with Crippen LogP contribution in [0.5, 0.6) is 0 Å². The minimum Gasteiger partial charge on any atom is -0.462 e. The number of furan rings is 1. The molecular weight excluding hydrogens is 249 g/mol. The van der Waals surface area contributed by atoms with Gasteiger partial charge in [-0.1, -0.05) is 0 Å². The summed E-state index contributed by atoms with van der Waals surface area (Å²) in [5, 5.41) is 2.76. The van der Waals surface area contributed by atoms with Gasteiger partial charge in [-0.2, -0.15) is 0 Å². The maximum Gasteiger partial charge on any atom is 0.257 e. The lowest BCUT2D eigenvalue weighted by atomic mass is 10.2. The fourth-order valence-corrected chi connectivity index (χ4v) is 2.24. The fraction of sp³-hybridized carbons (Fsp3) is 0.385. The number of fused-ring (bicyclic) bond motifs is 1. The van der Waals surface area contributed by atoms with Gasteiger partial charge in [0.25, 0.3) is 5.91 Å². The van der Waals surface area contributed by atoms with Crippen molar-refractivity contribution in [2.45, 2.75) is 12.6 Å². The summed E-state index contributed by atoms with van der Waals surface area (Å²) in [5.41, 5.74) is 1.54. The average Bonchev–Trinajstić information content (AvgIpc) is 3.02. The van der Waals surface area contributed by atoms with Crippen LogP contribution in [0.25, 0.3) is 11.1 Å². The van der Waals surface area contributed by atoms with Crippen LogP contribution >= 0.6 is 0 Å². The summed E-state index contributed by atoms with van der Waals surface area (Å²) in [5.74, 6) is -0.250. The molecular formula is C13H14FN3O2. The number of aromatic nitrogens is 1. The first-order valence-electron chi connectivity index (χ1n) is 6.21. The number of hydrogen-bond acceptors (Lipinski definition) is 4. The van der Waals surface area contributed by atoms with Crippen LogP contribution in [0.2, 0.25) is 0 Å². The number of alkyl halides is 1. The van der Waals surface area contributed by atoms with Crippen molar-refractivity contribution in [3.63, 3.8) is 0 Å². The van der Waals surface area contributed by atoms with Gasteiger partial charge in [-0.25, -0.2) is 4.39 Å². The molecule has 0 radical (unpaired) electrons. The molecule has 1 atom stereocenters. The monoisotopic (exact) mass is 263 g/mol. The second-order valence-corrected chi connectivity index (χ2v) is 4.63. The van der Waals surface area contributed by atoms with E-state index in [9.17, 15) is 9.18 Å². The lowest BCUT2D eigenvalue weighted by Crippen LogP contribution is -2.36. The highest BCUT2D eigenvalue weighted by Crippen LogP contribution is 2.18. The zero-order valence-corrected chi connectivity index (χ0v) is 10.3. The number of nitrogens with zero attached hydrogens (tertiary/aromatic N) is 2. The highest BCUT2D eigenvalue weighted by molar-refractivity contribution is 6.04. The van der Waals surface area contributed by atoms with E-state index in [2.05, 4.69) is 10.3 Å². The van der Waals surface area contributed by atoms with Crippen molar-refractivity contribution in [1.82, 2.24) is 15.2 Å². The van der Waals surface area contributed by atoms with Crippen molar-refractivity contribution < 1.29 is 13.6 Å². The molecule has 1 amide bonds. The molecule has 100 valence electrons. The summed E-state index contributed by atoms with van der Waals surface area (Å²) < 4.78 is 18.3. The minimum absolute atomic E-state index is 0.250. The van der Waals surface area contributed by atoms with Crippen LogP contribution in [0.15, 0.2) is 29.0 Å². The van der Waals surface area contributed by atoms with Gasteiger partial charge in [0.05, 0.1) is 6.67 Å². The zero-order chi connectivity index (χ0) is 13.2. The molecule has 6 heteroatoms. The number of halogens is 1. The van der Waals surface area contributed by atoms with Crippen LogP contribution in [-0.4, -0.2) is 41.7 Å². The third kappa shape index (κ3) is 2.44. The van der Waals surface area contributed by atoms with Crippen molar-refractivity contribution in [1.29, 1.82) is 0 Å².